The minimum atomic E-state index is -1.19. The first-order valence-corrected chi connectivity index (χ1v) is 12.2. The summed E-state index contributed by atoms with van der Waals surface area (Å²) in [6.07, 6.45) is 0. The molecule has 178 valence electrons. The predicted octanol–water partition coefficient (Wildman–Crippen LogP) is 4.53. The molecule has 10 heteroatoms. The second kappa shape index (κ2) is 10.1. The molecule has 0 fully saturated rings. The third-order valence-corrected chi connectivity index (χ3v) is 6.50. The molecule has 2 aromatic carbocycles. The Hall–Kier alpha value is -3.04. The summed E-state index contributed by atoms with van der Waals surface area (Å²) in [6, 6.07) is 12.7. The summed E-state index contributed by atoms with van der Waals surface area (Å²) in [5, 5.41) is 10.8. The van der Waals surface area contributed by atoms with E-state index in [4.69, 9.17) is 16.3 Å². The van der Waals surface area contributed by atoms with Crippen LogP contribution in [0.4, 0.5) is 10.2 Å². The predicted molar refractivity (Wildman–Crippen MR) is 130 cm³/mol. The molecule has 2 heterocycles. The van der Waals surface area contributed by atoms with Crippen molar-refractivity contribution in [1.82, 2.24) is 15.1 Å². The second-order valence-corrected chi connectivity index (χ2v) is 9.77. The van der Waals surface area contributed by atoms with E-state index in [1.807, 2.05) is 0 Å². The van der Waals surface area contributed by atoms with E-state index in [9.17, 15) is 14.0 Å². The standard InChI is InChI=1S/C24H24ClFN4O3S/c1-24(2,33-18-9-5-16(25)6-10-18)23(32)28-22-19-13-34-14-20(19)29-30(22)12-21(31)27-11-15-3-7-17(26)8-4-15/h3-10H,11-14H2,1-2H3,(H,27,31)(H,28,32). The third kappa shape index (κ3) is 5.71. The number of hydrogen-bond donors (Lipinski definition) is 2. The first-order chi connectivity index (χ1) is 16.2. The number of thioether (sulfide) groups is 1. The van der Waals surface area contributed by atoms with Crippen molar-refractivity contribution in [2.45, 2.75) is 44.0 Å². The molecule has 0 atom stereocenters. The van der Waals surface area contributed by atoms with Gasteiger partial charge in [-0.05, 0) is 55.8 Å². The molecule has 7 nitrogen and oxygen atoms in total. The Bertz CT molecular complexity index is 1200. The van der Waals surface area contributed by atoms with Crippen LogP contribution in [0, 0.1) is 5.82 Å². The van der Waals surface area contributed by atoms with E-state index in [0.29, 0.717) is 28.1 Å². The SMILES string of the molecule is CC(C)(Oc1ccc(Cl)cc1)C(=O)Nc1c2c(nn1CC(=O)NCc1ccc(F)cc1)CSC2. The van der Waals surface area contributed by atoms with E-state index in [2.05, 4.69) is 15.7 Å². The van der Waals surface area contributed by atoms with Gasteiger partial charge in [0.15, 0.2) is 5.60 Å². The largest absolute Gasteiger partial charge is 0.478 e. The zero-order valence-electron chi connectivity index (χ0n) is 18.7. The Morgan fingerprint density at radius 3 is 2.56 bits per heavy atom. The topological polar surface area (TPSA) is 85.2 Å². The van der Waals surface area contributed by atoms with Crippen LogP contribution in [0.2, 0.25) is 5.02 Å². The molecule has 1 aliphatic rings. The number of ether oxygens (including phenoxy) is 1. The number of amides is 2. The van der Waals surface area contributed by atoms with Crippen LogP contribution in [0.1, 0.15) is 30.7 Å². The van der Waals surface area contributed by atoms with E-state index in [0.717, 1.165) is 16.8 Å². The van der Waals surface area contributed by atoms with Gasteiger partial charge in [0.2, 0.25) is 5.91 Å². The number of rotatable bonds is 8. The maximum atomic E-state index is 13.1. The zero-order valence-corrected chi connectivity index (χ0v) is 20.3. The van der Waals surface area contributed by atoms with Crippen LogP contribution < -0.4 is 15.4 Å². The number of benzene rings is 2. The van der Waals surface area contributed by atoms with Crippen molar-refractivity contribution in [2.24, 2.45) is 0 Å². The van der Waals surface area contributed by atoms with E-state index >= 15 is 0 Å². The van der Waals surface area contributed by atoms with Crippen LogP contribution in [-0.4, -0.2) is 27.2 Å². The van der Waals surface area contributed by atoms with Crippen molar-refractivity contribution in [2.75, 3.05) is 5.32 Å². The highest BCUT2D eigenvalue weighted by Crippen LogP contribution is 2.35. The smallest absolute Gasteiger partial charge is 0.269 e. The highest BCUT2D eigenvalue weighted by Gasteiger charge is 2.33. The molecule has 0 saturated heterocycles. The molecule has 1 aromatic heterocycles. The fourth-order valence-corrected chi connectivity index (χ4v) is 4.58. The van der Waals surface area contributed by atoms with Crippen molar-refractivity contribution in [3.63, 3.8) is 0 Å². The van der Waals surface area contributed by atoms with Crippen molar-refractivity contribution >= 4 is 41.0 Å². The lowest BCUT2D eigenvalue weighted by Crippen LogP contribution is -2.43. The summed E-state index contributed by atoms with van der Waals surface area (Å²) in [6.45, 7) is 3.54. The normalized spacial score (nSPS) is 12.8. The van der Waals surface area contributed by atoms with Gasteiger partial charge < -0.3 is 15.4 Å². The average molecular weight is 503 g/mol. The Labute approximate surface area is 206 Å². The van der Waals surface area contributed by atoms with Crippen LogP contribution in [0.25, 0.3) is 0 Å². The lowest BCUT2D eigenvalue weighted by molar-refractivity contribution is -0.128. The molecule has 2 N–H and O–H groups in total. The molecule has 1 aliphatic heterocycles. The van der Waals surface area contributed by atoms with Crippen LogP contribution in [-0.2, 0) is 34.2 Å². The van der Waals surface area contributed by atoms with Gasteiger partial charge in [0.25, 0.3) is 5.91 Å². The van der Waals surface area contributed by atoms with Gasteiger partial charge in [0.05, 0.1) is 5.69 Å². The molecule has 0 saturated carbocycles. The molecule has 0 unspecified atom stereocenters. The molecule has 0 aliphatic carbocycles. The molecule has 0 bridgehead atoms. The second-order valence-electron chi connectivity index (χ2n) is 8.35. The number of nitrogens with zero attached hydrogens (tertiary/aromatic N) is 2. The number of carbonyl (C=O) groups is 2. The minimum Gasteiger partial charge on any atom is -0.478 e. The zero-order chi connectivity index (χ0) is 24.3. The summed E-state index contributed by atoms with van der Waals surface area (Å²) >= 11 is 7.62. The van der Waals surface area contributed by atoms with Gasteiger partial charge >= 0.3 is 0 Å². The Morgan fingerprint density at radius 2 is 1.85 bits per heavy atom. The number of halogens is 2. The molecule has 2 amide bonds. The molecule has 4 rings (SSSR count). The van der Waals surface area contributed by atoms with Gasteiger partial charge in [0.1, 0.15) is 23.9 Å². The monoisotopic (exact) mass is 502 g/mol. The molecular formula is C24H24ClFN4O3S. The van der Waals surface area contributed by atoms with Gasteiger partial charge in [0, 0.05) is 28.6 Å². The van der Waals surface area contributed by atoms with Crippen molar-refractivity contribution < 1.29 is 18.7 Å². The lowest BCUT2D eigenvalue weighted by atomic mass is 10.1. The summed E-state index contributed by atoms with van der Waals surface area (Å²) in [5.41, 5.74) is 1.35. The molecule has 3 aromatic rings. The molecule has 0 spiro atoms. The van der Waals surface area contributed by atoms with Crippen LogP contribution >= 0.6 is 23.4 Å². The summed E-state index contributed by atoms with van der Waals surface area (Å²) in [7, 11) is 0. The number of nitrogens with one attached hydrogen (secondary N) is 2. The Morgan fingerprint density at radius 1 is 1.15 bits per heavy atom. The van der Waals surface area contributed by atoms with Gasteiger partial charge in [-0.2, -0.15) is 16.9 Å². The summed E-state index contributed by atoms with van der Waals surface area (Å²) in [4.78, 5) is 25.7. The first kappa shape index (κ1) is 24.1. The van der Waals surface area contributed by atoms with E-state index in [1.54, 1.807) is 62.0 Å². The Kier molecular flexibility index (Phi) is 7.13. The highest BCUT2D eigenvalue weighted by molar-refractivity contribution is 7.98. The van der Waals surface area contributed by atoms with Gasteiger partial charge in [-0.15, -0.1) is 0 Å². The van der Waals surface area contributed by atoms with Gasteiger partial charge in [-0.1, -0.05) is 23.7 Å². The van der Waals surface area contributed by atoms with Crippen molar-refractivity contribution in [3.8, 4) is 5.75 Å². The van der Waals surface area contributed by atoms with Gasteiger partial charge in [-0.3, -0.25) is 9.59 Å². The maximum Gasteiger partial charge on any atom is 0.269 e. The number of anilines is 1. The van der Waals surface area contributed by atoms with Crippen molar-refractivity contribution in [3.05, 3.63) is 76.2 Å². The van der Waals surface area contributed by atoms with E-state index in [-0.39, 0.29) is 30.7 Å². The van der Waals surface area contributed by atoms with Crippen LogP contribution in [0.3, 0.4) is 0 Å². The molecule has 34 heavy (non-hydrogen) atoms. The quantitative estimate of drug-likeness (QED) is 0.472. The summed E-state index contributed by atoms with van der Waals surface area (Å²) in [5.74, 6) is 1.45. The third-order valence-electron chi connectivity index (χ3n) is 5.28. The summed E-state index contributed by atoms with van der Waals surface area (Å²) < 4.78 is 20.5. The van der Waals surface area contributed by atoms with Crippen LogP contribution in [0.15, 0.2) is 48.5 Å². The fourth-order valence-electron chi connectivity index (χ4n) is 3.42. The average Bonchev–Trinajstić information content (AvgIpc) is 3.37. The van der Waals surface area contributed by atoms with Crippen molar-refractivity contribution in [1.29, 1.82) is 0 Å². The van der Waals surface area contributed by atoms with E-state index in [1.165, 1.54) is 16.8 Å². The number of aromatic nitrogens is 2. The number of hydrogen-bond acceptors (Lipinski definition) is 5. The van der Waals surface area contributed by atoms with E-state index < -0.39 is 5.60 Å². The number of carbonyl (C=O) groups excluding carboxylic acids is 2. The fraction of sp³-hybridized carbons (Fsp3) is 0.292. The van der Waals surface area contributed by atoms with Gasteiger partial charge in [-0.25, -0.2) is 9.07 Å². The highest BCUT2D eigenvalue weighted by atomic mass is 35.5. The minimum absolute atomic E-state index is 0.0626. The Balaban J connectivity index is 1.45. The lowest BCUT2D eigenvalue weighted by Gasteiger charge is -2.25. The molecular weight excluding hydrogens is 479 g/mol. The van der Waals surface area contributed by atoms with Crippen LogP contribution in [0.5, 0.6) is 5.75 Å². The number of fused-ring (bicyclic) bond motifs is 1. The first-order valence-electron chi connectivity index (χ1n) is 10.6. The molecule has 0 radical (unpaired) electrons. The maximum absolute atomic E-state index is 13.1.